The third-order valence-electron chi connectivity index (χ3n) is 6.00. The lowest BCUT2D eigenvalue weighted by atomic mass is 9.95. The van der Waals surface area contributed by atoms with Gasteiger partial charge >= 0.3 is 0 Å². The van der Waals surface area contributed by atoms with Crippen LogP contribution >= 0.6 is 11.3 Å². The molecule has 1 atom stereocenters. The van der Waals surface area contributed by atoms with Crippen molar-refractivity contribution in [3.8, 4) is 0 Å². The average Bonchev–Trinajstić information content (AvgIpc) is 3.21. The first-order valence-corrected chi connectivity index (χ1v) is 11.8. The second kappa shape index (κ2) is 9.18. The quantitative estimate of drug-likeness (QED) is 0.628. The molecule has 1 aliphatic rings. The molecule has 162 valence electrons. The number of rotatable bonds is 5. The van der Waals surface area contributed by atoms with Crippen molar-refractivity contribution in [3.05, 3.63) is 64.7 Å². The number of hydrogen-bond acceptors (Lipinski definition) is 4. The lowest BCUT2D eigenvalue weighted by Crippen LogP contribution is -2.52. The Hall–Kier alpha value is -2.73. The second-order valence-electron chi connectivity index (χ2n) is 8.68. The molecule has 1 aliphatic heterocycles. The van der Waals surface area contributed by atoms with Crippen LogP contribution in [0.4, 0.5) is 0 Å². The second-order valence-corrected chi connectivity index (χ2v) is 9.74. The summed E-state index contributed by atoms with van der Waals surface area (Å²) in [7, 11) is 0. The fourth-order valence-electron chi connectivity index (χ4n) is 4.05. The van der Waals surface area contributed by atoms with Gasteiger partial charge in [0.15, 0.2) is 0 Å². The van der Waals surface area contributed by atoms with Gasteiger partial charge in [-0.25, -0.2) is 4.98 Å². The van der Waals surface area contributed by atoms with Crippen LogP contribution in [0.1, 0.15) is 53.5 Å². The van der Waals surface area contributed by atoms with E-state index in [0.717, 1.165) is 23.9 Å². The van der Waals surface area contributed by atoms with E-state index in [9.17, 15) is 9.59 Å². The minimum Gasteiger partial charge on any atom is -0.341 e. The summed E-state index contributed by atoms with van der Waals surface area (Å²) in [6.07, 6.45) is 1.81. The molecule has 5 nitrogen and oxygen atoms in total. The Balaban J connectivity index is 1.39. The number of thiazole rings is 1. The van der Waals surface area contributed by atoms with E-state index < -0.39 is 6.04 Å². The smallest absolute Gasteiger partial charge is 0.251 e. The van der Waals surface area contributed by atoms with Crippen molar-refractivity contribution in [1.29, 1.82) is 0 Å². The van der Waals surface area contributed by atoms with Crippen LogP contribution in [-0.2, 0) is 4.79 Å². The Labute approximate surface area is 187 Å². The van der Waals surface area contributed by atoms with E-state index in [-0.39, 0.29) is 17.7 Å². The number of piperidine rings is 1. The van der Waals surface area contributed by atoms with Crippen LogP contribution in [0.5, 0.6) is 0 Å². The molecular weight excluding hydrogens is 406 g/mol. The van der Waals surface area contributed by atoms with E-state index in [0.29, 0.717) is 24.6 Å². The van der Waals surface area contributed by atoms with E-state index in [1.165, 1.54) is 9.71 Å². The molecule has 1 unspecified atom stereocenters. The summed E-state index contributed by atoms with van der Waals surface area (Å²) in [5.41, 5.74) is 2.74. The first-order chi connectivity index (χ1) is 14.9. The third kappa shape index (κ3) is 4.79. The molecule has 0 spiro atoms. The number of nitrogens with one attached hydrogen (secondary N) is 1. The van der Waals surface area contributed by atoms with Gasteiger partial charge in [-0.2, -0.15) is 0 Å². The maximum Gasteiger partial charge on any atom is 0.251 e. The molecule has 0 aliphatic carbocycles. The normalized spacial score (nSPS) is 15.9. The lowest BCUT2D eigenvalue weighted by molar-refractivity contribution is -0.135. The van der Waals surface area contributed by atoms with Crippen LogP contribution < -0.4 is 5.32 Å². The Bertz CT molecular complexity index is 1030. The highest BCUT2D eigenvalue weighted by atomic mass is 32.1. The van der Waals surface area contributed by atoms with Gasteiger partial charge < -0.3 is 10.2 Å². The molecular formula is C25H29N3O2S. The summed E-state index contributed by atoms with van der Waals surface area (Å²) in [6.45, 7) is 7.34. The predicted octanol–water partition coefficient (Wildman–Crippen LogP) is 4.77. The number of fused-ring (bicyclic) bond motifs is 1. The van der Waals surface area contributed by atoms with Gasteiger partial charge in [0.05, 0.1) is 15.2 Å². The summed E-state index contributed by atoms with van der Waals surface area (Å²) in [6, 6.07) is 15.1. The van der Waals surface area contributed by atoms with Gasteiger partial charge in [-0.05, 0) is 49.9 Å². The van der Waals surface area contributed by atoms with E-state index in [4.69, 9.17) is 4.98 Å². The maximum atomic E-state index is 13.2. The summed E-state index contributed by atoms with van der Waals surface area (Å²) in [4.78, 5) is 32.6. The molecule has 0 bridgehead atoms. The van der Waals surface area contributed by atoms with E-state index in [2.05, 4.69) is 17.4 Å². The molecule has 3 aromatic rings. The number of likely N-dealkylation sites (tertiary alicyclic amines) is 1. The SMILES string of the molecule is Cc1ccc(C(=O)NC(C(=O)N2CCC(c3nc4ccccc4s3)CC2)C(C)C)cc1. The van der Waals surface area contributed by atoms with Crippen LogP contribution in [-0.4, -0.2) is 40.8 Å². The van der Waals surface area contributed by atoms with Gasteiger partial charge in [-0.1, -0.05) is 43.7 Å². The van der Waals surface area contributed by atoms with Gasteiger partial charge in [0, 0.05) is 24.6 Å². The molecule has 2 amide bonds. The van der Waals surface area contributed by atoms with Gasteiger partial charge in [0.25, 0.3) is 5.91 Å². The molecule has 1 saturated heterocycles. The van der Waals surface area contributed by atoms with Crippen molar-refractivity contribution in [2.45, 2.75) is 45.6 Å². The Morgan fingerprint density at radius 3 is 2.39 bits per heavy atom. The lowest BCUT2D eigenvalue weighted by Gasteiger charge is -2.35. The molecule has 2 heterocycles. The van der Waals surface area contributed by atoms with Gasteiger partial charge in [0.2, 0.25) is 5.91 Å². The summed E-state index contributed by atoms with van der Waals surface area (Å²) >= 11 is 1.76. The third-order valence-corrected chi connectivity index (χ3v) is 7.20. The molecule has 1 fully saturated rings. The predicted molar refractivity (Wildman–Crippen MR) is 125 cm³/mol. The first-order valence-electron chi connectivity index (χ1n) is 10.9. The zero-order chi connectivity index (χ0) is 22.0. The van der Waals surface area contributed by atoms with Crippen LogP contribution in [0.25, 0.3) is 10.2 Å². The summed E-state index contributed by atoms with van der Waals surface area (Å²) < 4.78 is 1.22. The number of nitrogens with zero attached hydrogens (tertiary/aromatic N) is 2. The van der Waals surface area contributed by atoms with Gasteiger partial charge in [-0.3, -0.25) is 9.59 Å². The fraction of sp³-hybridized carbons (Fsp3) is 0.400. The van der Waals surface area contributed by atoms with E-state index in [1.807, 2.05) is 49.9 Å². The molecule has 31 heavy (non-hydrogen) atoms. The molecule has 2 aromatic carbocycles. The van der Waals surface area contributed by atoms with E-state index >= 15 is 0 Å². The minimum absolute atomic E-state index is 0.0122. The Morgan fingerprint density at radius 1 is 1.06 bits per heavy atom. The Morgan fingerprint density at radius 2 is 1.74 bits per heavy atom. The number of para-hydroxylation sites is 1. The molecule has 1 aromatic heterocycles. The number of aromatic nitrogens is 1. The molecule has 1 N–H and O–H groups in total. The largest absolute Gasteiger partial charge is 0.341 e. The summed E-state index contributed by atoms with van der Waals surface area (Å²) in [5.74, 6) is 0.222. The zero-order valence-electron chi connectivity index (χ0n) is 18.3. The fourth-order valence-corrected chi connectivity index (χ4v) is 5.19. The molecule has 0 radical (unpaired) electrons. The van der Waals surface area contributed by atoms with Crippen LogP contribution in [0.2, 0.25) is 0 Å². The topological polar surface area (TPSA) is 62.3 Å². The van der Waals surface area contributed by atoms with Crippen molar-refractivity contribution in [2.24, 2.45) is 5.92 Å². The van der Waals surface area contributed by atoms with Crippen molar-refractivity contribution in [3.63, 3.8) is 0 Å². The van der Waals surface area contributed by atoms with E-state index in [1.54, 1.807) is 23.5 Å². The monoisotopic (exact) mass is 435 g/mol. The molecule has 0 saturated carbocycles. The summed E-state index contributed by atoms with van der Waals surface area (Å²) in [5, 5.41) is 4.14. The van der Waals surface area contributed by atoms with Crippen LogP contribution in [0.3, 0.4) is 0 Å². The maximum absolute atomic E-state index is 13.2. The van der Waals surface area contributed by atoms with Gasteiger partial charge in [-0.15, -0.1) is 11.3 Å². The highest BCUT2D eigenvalue weighted by molar-refractivity contribution is 7.18. The standard InChI is InChI=1S/C25H29N3O2S/c1-16(2)22(27-23(29)18-10-8-17(3)9-11-18)25(30)28-14-12-19(13-15-28)24-26-20-6-4-5-7-21(20)31-24/h4-11,16,19,22H,12-15H2,1-3H3,(H,27,29). The van der Waals surface area contributed by atoms with Crippen molar-refractivity contribution < 1.29 is 9.59 Å². The molecule has 6 heteroatoms. The first kappa shape index (κ1) is 21.5. The number of carbonyl (C=O) groups is 2. The van der Waals surface area contributed by atoms with Crippen molar-refractivity contribution in [2.75, 3.05) is 13.1 Å². The van der Waals surface area contributed by atoms with Crippen LogP contribution in [0, 0.1) is 12.8 Å². The number of hydrogen-bond donors (Lipinski definition) is 1. The van der Waals surface area contributed by atoms with Crippen molar-refractivity contribution in [1.82, 2.24) is 15.2 Å². The zero-order valence-corrected chi connectivity index (χ0v) is 19.1. The van der Waals surface area contributed by atoms with Gasteiger partial charge in [0.1, 0.15) is 6.04 Å². The number of carbonyl (C=O) groups excluding carboxylic acids is 2. The molecule has 4 rings (SSSR count). The number of amides is 2. The number of benzene rings is 2. The van der Waals surface area contributed by atoms with Crippen molar-refractivity contribution >= 4 is 33.4 Å². The minimum atomic E-state index is -0.521. The Kier molecular flexibility index (Phi) is 6.37. The van der Waals surface area contributed by atoms with Crippen LogP contribution in [0.15, 0.2) is 48.5 Å². The average molecular weight is 436 g/mol. The highest BCUT2D eigenvalue weighted by Gasteiger charge is 2.32. The highest BCUT2D eigenvalue weighted by Crippen LogP contribution is 2.34. The number of aryl methyl sites for hydroxylation is 1.